The Morgan fingerprint density at radius 1 is 1.00 bits per heavy atom. The molecule has 0 spiro atoms. The molecule has 0 bridgehead atoms. The first-order valence-electron chi connectivity index (χ1n) is 2.90. The summed E-state index contributed by atoms with van der Waals surface area (Å²) in [6.07, 6.45) is 0. The van der Waals surface area contributed by atoms with Crippen molar-refractivity contribution in [2.75, 3.05) is 0 Å². The Kier molecular flexibility index (Phi) is 8.10. The first kappa shape index (κ1) is 16.1. The molecule has 1 rings (SSSR count). The van der Waals surface area contributed by atoms with Crippen LogP contribution in [0.25, 0.3) is 0 Å². The number of phenols is 2. The van der Waals surface area contributed by atoms with Crippen molar-refractivity contribution in [2.24, 2.45) is 0 Å². The van der Waals surface area contributed by atoms with E-state index in [2.05, 4.69) is 0 Å². The SMILES string of the molecule is Cl.Oc1cccc(O)c1.[O-][I+3]([O-])([O-])O. The maximum Gasteiger partial charge on any atom is 0.368 e. The summed E-state index contributed by atoms with van der Waals surface area (Å²) in [5.41, 5.74) is 0. The quantitative estimate of drug-likeness (QED) is 0.404. The summed E-state index contributed by atoms with van der Waals surface area (Å²) in [6, 6.07) is 5.85. The van der Waals surface area contributed by atoms with Crippen molar-refractivity contribution >= 4 is 12.4 Å². The van der Waals surface area contributed by atoms with Gasteiger partial charge in [0, 0.05) is 9.50 Å². The molecule has 0 radical (unpaired) electrons. The third kappa shape index (κ3) is 14.2. The largest absolute Gasteiger partial charge is 0.508 e. The summed E-state index contributed by atoms with van der Waals surface area (Å²) < 4.78 is 33.2. The van der Waals surface area contributed by atoms with Crippen LogP contribution in [-0.2, 0) is 0 Å². The molecule has 1 aromatic carbocycles. The minimum Gasteiger partial charge on any atom is -0.508 e. The van der Waals surface area contributed by atoms with E-state index in [0.29, 0.717) is 0 Å². The van der Waals surface area contributed by atoms with Crippen LogP contribution in [0.3, 0.4) is 0 Å². The van der Waals surface area contributed by atoms with Gasteiger partial charge in [-0.1, -0.05) is 6.07 Å². The summed E-state index contributed by atoms with van der Waals surface area (Å²) in [4.78, 5) is 0. The number of benzene rings is 1. The van der Waals surface area contributed by atoms with E-state index in [1.54, 1.807) is 6.07 Å². The van der Waals surface area contributed by atoms with Crippen LogP contribution < -0.4 is 30.4 Å². The number of hydrogen-bond acceptors (Lipinski definition) is 6. The fourth-order valence-electron chi connectivity index (χ4n) is 0.493. The average molecular weight is 338 g/mol. The zero-order valence-electron chi connectivity index (χ0n) is 6.66. The van der Waals surface area contributed by atoms with Crippen molar-refractivity contribution in [1.29, 1.82) is 0 Å². The van der Waals surface area contributed by atoms with Gasteiger partial charge in [0.25, 0.3) is 0 Å². The molecule has 0 saturated heterocycles. The zero-order valence-corrected chi connectivity index (χ0v) is 9.64. The summed E-state index contributed by atoms with van der Waals surface area (Å²) in [7, 11) is 0. The molecule has 0 aliphatic heterocycles. The van der Waals surface area contributed by atoms with Crippen molar-refractivity contribution in [3.8, 4) is 11.5 Å². The van der Waals surface area contributed by atoms with Crippen LogP contribution in [0.4, 0.5) is 0 Å². The lowest BCUT2D eigenvalue weighted by Crippen LogP contribution is -4.23. The molecule has 0 atom stereocenters. The minimum atomic E-state index is -5.69. The van der Waals surface area contributed by atoms with Crippen LogP contribution in [0.1, 0.15) is 0 Å². The van der Waals surface area contributed by atoms with Gasteiger partial charge in [0.15, 0.2) is 0 Å². The molecule has 1 aromatic rings. The monoisotopic (exact) mass is 338 g/mol. The van der Waals surface area contributed by atoms with Gasteiger partial charge in [-0.2, -0.15) is 0 Å². The van der Waals surface area contributed by atoms with Crippen molar-refractivity contribution in [3.63, 3.8) is 0 Å². The van der Waals surface area contributed by atoms with Gasteiger partial charge in [0.05, 0.1) is 0 Å². The zero-order chi connectivity index (χ0) is 10.5. The molecular formula is C6H8ClIO6. The molecule has 0 fully saturated rings. The van der Waals surface area contributed by atoms with Gasteiger partial charge in [-0.15, -0.1) is 12.4 Å². The predicted octanol–water partition coefficient (Wildman–Crippen LogP) is -5.60. The molecular weight excluding hydrogens is 330 g/mol. The van der Waals surface area contributed by atoms with Crippen LogP contribution in [0.15, 0.2) is 24.3 Å². The van der Waals surface area contributed by atoms with E-state index in [9.17, 15) is 0 Å². The molecule has 0 aliphatic carbocycles. The van der Waals surface area contributed by atoms with Gasteiger partial charge >= 0.3 is 20.1 Å². The van der Waals surface area contributed by atoms with E-state index < -0.39 is 20.1 Å². The Morgan fingerprint density at radius 2 is 1.29 bits per heavy atom. The molecule has 8 heteroatoms. The molecule has 6 nitrogen and oxygen atoms in total. The van der Waals surface area contributed by atoms with E-state index in [1.807, 2.05) is 0 Å². The van der Waals surface area contributed by atoms with Gasteiger partial charge in [-0.3, -0.25) is 10.3 Å². The van der Waals surface area contributed by atoms with Gasteiger partial charge in [0.2, 0.25) is 0 Å². The molecule has 0 aromatic heterocycles. The van der Waals surface area contributed by atoms with Gasteiger partial charge in [-0.05, 0) is 12.1 Å². The normalized spacial score (nSPS) is 9.43. The van der Waals surface area contributed by atoms with E-state index in [-0.39, 0.29) is 23.9 Å². The molecule has 0 amide bonds. The van der Waals surface area contributed by atoms with E-state index in [1.165, 1.54) is 18.2 Å². The Balaban J connectivity index is 0. The number of halogens is 2. The number of hydrogen-bond donors (Lipinski definition) is 3. The second-order valence-corrected chi connectivity index (χ2v) is 4.18. The molecule has 14 heavy (non-hydrogen) atoms. The predicted molar refractivity (Wildman–Crippen MR) is 39.2 cm³/mol. The summed E-state index contributed by atoms with van der Waals surface area (Å²) in [6.45, 7) is 0. The highest BCUT2D eigenvalue weighted by Gasteiger charge is 2.11. The van der Waals surface area contributed by atoms with Crippen LogP contribution >= 0.6 is 12.4 Å². The maximum atomic E-state index is 8.73. The molecule has 3 N–H and O–H groups in total. The fraction of sp³-hybridized carbons (Fsp3) is 0. The smallest absolute Gasteiger partial charge is 0.368 e. The maximum absolute atomic E-state index is 8.73. The van der Waals surface area contributed by atoms with E-state index in [4.69, 9.17) is 24.0 Å². The highest BCUT2D eigenvalue weighted by atomic mass is 127. The first-order valence-corrected chi connectivity index (χ1v) is 6.51. The lowest BCUT2D eigenvalue weighted by atomic mass is 10.3. The molecule has 0 unspecified atom stereocenters. The van der Waals surface area contributed by atoms with Gasteiger partial charge < -0.3 is 10.2 Å². The first-order chi connectivity index (χ1) is 5.79. The Hall–Kier alpha value is -0.320. The van der Waals surface area contributed by atoms with Crippen molar-refractivity contribution in [3.05, 3.63) is 24.3 Å². The second kappa shape index (κ2) is 7.04. The lowest BCUT2D eigenvalue weighted by molar-refractivity contribution is -1.92. The molecule has 82 valence electrons. The van der Waals surface area contributed by atoms with E-state index in [0.717, 1.165) is 0 Å². The highest BCUT2D eigenvalue weighted by Crippen LogP contribution is 2.14. The van der Waals surface area contributed by atoms with Crippen molar-refractivity contribution < 1.29 is 44.1 Å². The van der Waals surface area contributed by atoms with Gasteiger partial charge in [0.1, 0.15) is 11.5 Å². The Morgan fingerprint density at radius 3 is 1.43 bits per heavy atom. The lowest BCUT2D eigenvalue weighted by Gasteiger charge is -1.93. The van der Waals surface area contributed by atoms with E-state index >= 15 is 0 Å². The minimum absolute atomic E-state index is 0. The van der Waals surface area contributed by atoms with Crippen molar-refractivity contribution in [1.82, 2.24) is 0 Å². The second-order valence-electron chi connectivity index (χ2n) is 1.92. The highest BCUT2D eigenvalue weighted by molar-refractivity contribution is 5.85. The molecule has 0 heterocycles. The average Bonchev–Trinajstić information content (AvgIpc) is 1.81. The van der Waals surface area contributed by atoms with Crippen LogP contribution in [-0.4, -0.2) is 13.6 Å². The third-order valence-corrected chi connectivity index (χ3v) is 0.830. The molecule has 0 saturated carbocycles. The summed E-state index contributed by atoms with van der Waals surface area (Å²) >= 11 is -5.69. The fourth-order valence-corrected chi connectivity index (χ4v) is 0.493. The standard InChI is InChI=1S/C6H6O2.ClH.HIO4/c7-5-2-1-3-6(8)4-5;;2-1(3,4)5/h1-4,7-8H;1H;2H. The van der Waals surface area contributed by atoms with Crippen LogP contribution in [0.2, 0.25) is 0 Å². The van der Waals surface area contributed by atoms with Crippen LogP contribution in [0, 0.1) is 0 Å². The van der Waals surface area contributed by atoms with Crippen molar-refractivity contribution in [2.45, 2.75) is 0 Å². The number of phenolic OH excluding ortho intramolecular Hbond substituents is 2. The Bertz CT molecular complexity index is 239. The third-order valence-electron chi connectivity index (χ3n) is 0.830. The summed E-state index contributed by atoms with van der Waals surface area (Å²) in [5.74, 6) is 0.176. The number of aromatic hydroxyl groups is 2. The Labute approximate surface area is 92.2 Å². The van der Waals surface area contributed by atoms with Gasteiger partial charge in [-0.25, -0.2) is 0 Å². The topological polar surface area (TPSA) is 130 Å². The number of rotatable bonds is 0. The molecule has 0 aliphatic rings. The van der Waals surface area contributed by atoms with Crippen LogP contribution in [0.5, 0.6) is 11.5 Å². The summed E-state index contributed by atoms with van der Waals surface area (Å²) in [5, 5.41) is 17.3.